The first-order valence-electron chi connectivity index (χ1n) is 8.88. The number of nitro benzene ring substituents is 1. The summed E-state index contributed by atoms with van der Waals surface area (Å²) in [7, 11) is 0. The third-order valence-corrected chi connectivity index (χ3v) is 5.00. The number of benzene rings is 2. The van der Waals surface area contributed by atoms with Crippen molar-refractivity contribution < 1.29 is 9.66 Å². The van der Waals surface area contributed by atoms with Crippen molar-refractivity contribution in [2.45, 2.75) is 19.8 Å². The van der Waals surface area contributed by atoms with Crippen LogP contribution in [-0.4, -0.2) is 15.1 Å². The lowest BCUT2D eigenvalue weighted by Crippen LogP contribution is -2.21. The molecule has 1 unspecified atom stereocenters. The first-order chi connectivity index (χ1) is 13.9. The molecule has 0 fully saturated rings. The zero-order chi connectivity index (χ0) is 20.7. The highest BCUT2D eigenvalue weighted by molar-refractivity contribution is 5.73. The van der Waals surface area contributed by atoms with Gasteiger partial charge in [-0.1, -0.05) is 35.9 Å². The summed E-state index contributed by atoms with van der Waals surface area (Å²) in [6, 6.07) is 14.3. The molecule has 8 nitrogen and oxygen atoms in total. The standard InChI is InChI=1S/C21H17N5O3/c1-11-6-7-15(12(2)8-11)19-18-17(13-4-3-5-14(9-13)26(27)28)16(10-22)20(23)29-21(18)25-24-19/h3-9,17H,23H2,1-2H3,(H,24,25). The fourth-order valence-electron chi connectivity index (χ4n) is 3.70. The molecule has 0 spiro atoms. The van der Waals surface area contributed by atoms with E-state index in [0.29, 0.717) is 16.8 Å². The molecule has 0 amide bonds. The lowest BCUT2D eigenvalue weighted by molar-refractivity contribution is -0.384. The molecule has 29 heavy (non-hydrogen) atoms. The highest BCUT2D eigenvalue weighted by atomic mass is 16.6. The molecule has 4 rings (SSSR count). The van der Waals surface area contributed by atoms with E-state index in [1.165, 1.54) is 12.1 Å². The van der Waals surface area contributed by atoms with Crippen LogP contribution in [-0.2, 0) is 0 Å². The molecule has 1 aliphatic rings. The Balaban J connectivity index is 1.97. The van der Waals surface area contributed by atoms with E-state index in [9.17, 15) is 15.4 Å². The fourth-order valence-corrected chi connectivity index (χ4v) is 3.70. The summed E-state index contributed by atoms with van der Waals surface area (Å²) in [6.45, 7) is 3.99. The smallest absolute Gasteiger partial charge is 0.269 e. The molecule has 0 bridgehead atoms. The maximum absolute atomic E-state index is 11.3. The number of allylic oxidation sites excluding steroid dienone is 1. The lowest BCUT2D eigenvalue weighted by atomic mass is 9.82. The van der Waals surface area contributed by atoms with Crippen LogP contribution < -0.4 is 10.5 Å². The monoisotopic (exact) mass is 387 g/mol. The van der Waals surface area contributed by atoms with E-state index in [2.05, 4.69) is 16.3 Å². The van der Waals surface area contributed by atoms with Gasteiger partial charge in [-0.05, 0) is 25.0 Å². The Morgan fingerprint density at radius 3 is 2.76 bits per heavy atom. The van der Waals surface area contributed by atoms with Gasteiger partial charge in [0.1, 0.15) is 11.6 Å². The molecule has 2 heterocycles. The second kappa shape index (κ2) is 6.80. The maximum atomic E-state index is 11.3. The Morgan fingerprint density at radius 2 is 2.07 bits per heavy atom. The second-order valence-corrected chi connectivity index (χ2v) is 6.91. The van der Waals surface area contributed by atoms with Crippen LogP contribution in [0.1, 0.15) is 28.2 Å². The third kappa shape index (κ3) is 2.99. The van der Waals surface area contributed by atoms with Gasteiger partial charge in [0, 0.05) is 17.7 Å². The lowest BCUT2D eigenvalue weighted by Gasteiger charge is -2.24. The number of H-pyrrole nitrogens is 1. The Hall–Kier alpha value is -4.12. The van der Waals surface area contributed by atoms with Crippen LogP contribution in [0.3, 0.4) is 0 Å². The number of aryl methyl sites for hydroxylation is 2. The van der Waals surface area contributed by atoms with Gasteiger partial charge in [0.15, 0.2) is 0 Å². The predicted octanol–water partition coefficient (Wildman–Crippen LogP) is 3.82. The number of aromatic nitrogens is 2. The summed E-state index contributed by atoms with van der Waals surface area (Å²) in [4.78, 5) is 10.8. The van der Waals surface area contributed by atoms with Crippen LogP contribution in [0.15, 0.2) is 53.9 Å². The number of nitriles is 1. The largest absolute Gasteiger partial charge is 0.420 e. The zero-order valence-electron chi connectivity index (χ0n) is 15.8. The summed E-state index contributed by atoms with van der Waals surface area (Å²) in [5.41, 5.74) is 11.0. The Labute approximate surface area is 166 Å². The normalized spacial score (nSPS) is 15.4. The molecule has 1 atom stereocenters. The van der Waals surface area contributed by atoms with Gasteiger partial charge in [-0.15, -0.1) is 5.10 Å². The number of fused-ring (bicyclic) bond motifs is 1. The van der Waals surface area contributed by atoms with Crippen LogP contribution >= 0.6 is 0 Å². The summed E-state index contributed by atoms with van der Waals surface area (Å²) in [6.07, 6.45) is 0. The molecule has 1 aliphatic heterocycles. The second-order valence-electron chi connectivity index (χ2n) is 6.91. The van der Waals surface area contributed by atoms with Crippen molar-refractivity contribution in [2.75, 3.05) is 0 Å². The van der Waals surface area contributed by atoms with Crippen molar-refractivity contribution in [3.05, 3.63) is 86.3 Å². The topological polar surface area (TPSA) is 131 Å². The van der Waals surface area contributed by atoms with Crippen molar-refractivity contribution in [3.63, 3.8) is 0 Å². The summed E-state index contributed by atoms with van der Waals surface area (Å²) in [5.74, 6) is -0.443. The van der Waals surface area contributed by atoms with Crippen LogP contribution in [0.25, 0.3) is 11.3 Å². The number of nitrogens with one attached hydrogen (secondary N) is 1. The molecule has 0 saturated heterocycles. The molecule has 2 aromatic carbocycles. The van der Waals surface area contributed by atoms with Gasteiger partial charge in [0.25, 0.3) is 5.69 Å². The number of aromatic amines is 1. The Kier molecular flexibility index (Phi) is 4.28. The molecule has 144 valence electrons. The van der Waals surface area contributed by atoms with E-state index in [1.54, 1.807) is 12.1 Å². The molecule has 8 heteroatoms. The van der Waals surface area contributed by atoms with E-state index in [4.69, 9.17) is 10.5 Å². The van der Waals surface area contributed by atoms with Gasteiger partial charge in [0.05, 0.1) is 22.1 Å². The first kappa shape index (κ1) is 18.3. The number of nitro groups is 1. The van der Waals surface area contributed by atoms with Crippen LogP contribution in [0.4, 0.5) is 5.69 Å². The van der Waals surface area contributed by atoms with E-state index in [0.717, 1.165) is 16.7 Å². The molecule has 0 radical (unpaired) electrons. The number of non-ortho nitro benzene ring substituents is 1. The van der Waals surface area contributed by atoms with Crippen molar-refractivity contribution >= 4 is 5.69 Å². The molecule has 3 aromatic rings. The molecular weight excluding hydrogens is 370 g/mol. The van der Waals surface area contributed by atoms with E-state index in [1.807, 2.05) is 32.0 Å². The number of hydrogen-bond donors (Lipinski definition) is 2. The fraction of sp³-hybridized carbons (Fsp3) is 0.143. The van der Waals surface area contributed by atoms with Crippen molar-refractivity contribution in [1.82, 2.24) is 10.2 Å². The van der Waals surface area contributed by atoms with Gasteiger partial charge in [-0.25, -0.2) is 0 Å². The molecular formula is C21H17N5O3. The van der Waals surface area contributed by atoms with E-state index < -0.39 is 10.8 Å². The highest BCUT2D eigenvalue weighted by Gasteiger charge is 2.36. The number of nitrogens with zero attached hydrogens (tertiary/aromatic N) is 3. The van der Waals surface area contributed by atoms with Crippen molar-refractivity contribution in [2.24, 2.45) is 5.73 Å². The predicted molar refractivity (Wildman–Crippen MR) is 106 cm³/mol. The minimum atomic E-state index is -0.641. The van der Waals surface area contributed by atoms with Gasteiger partial charge >= 0.3 is 0 Å². The van der Waals surface area contributed by atoms with Crippen LogP contribution in [0, 0.1) is 35.3 Å². The molecule has 0 aliphatic carbocycles. The molecule has 3 N–H and O–H groups in total. The third-order valence-electron chi connectivity index (χ3n) is 5.00. The van der Waals surface area contributed by atoms with Crippen molar-refractivity contribution in [3.8, 4) is 23.2 Å². The van der Waals surface area contributed by atoms with Gasteiger partial charge in [-0.3, -0.25) is 15.2 Å². The minimum Gasteiger partial charge on any atom is -0.420 e. The highest BCUT2D eigenvalue weighted by Crippen LogP contribution is 2.46. The average molecular weight is 387 g/mol. The quantitative estimate of drug-likeness (QED) is 0.519. The molecule has 0 saturated carbocycles. The zero-order valence-corrected chi connectivity index (χ0v) is 15.8. The van der Waals surface area contributed by atoms with Gasteiger partial charge in [0.2, 0.25) is 11.8 Å². The summed E-state index contributed by atoms with van der Waals surface area (Å²) in [5, 5.41) is 28.3. The summed E-state index contributed by atoms with van der Waals surface area (Å²) >= 11 is 0. The summed E-state index contributed by atoms with van der Waals surface area (Å²) < 4.78 is 5.59. The SMILES string of the molecule is Cc1ccc(-c2[nH]nc3c2C(c2cccc([N+](=O)[O-])c2)C(C#N)=C(N)O3)c(C)c1. The van der Waals surface area contributed by atoms with E-state index in [-0.39, 0.29) is 23.0 Å². The first-order valence-corrected chi connectivity index (χ1v) is 8.88. The van der Waals surface area contributed by atoms with E-state index >= 15 is 0 Å². The van der Waals surface area contributed by atoms with Crippen molar-refractivity contribution in [1.29, 1.82) is 5.26 Å². The Bertz CT molecular complexity index is 1220. The van der Waals surface area contributed by atoms with Crippen LogP contribution in [0.2, 0.25) is 0 Å². The number of nitrogens with two attached hydrogens (primary N) is 1. The minimum absolute atomic E-state index is 0.0600. The van der Waals surface area contributed by atoms with Gasteiger partial charge in [-0.2, -0.15) is 5.26 Å². The van der Waals surface area contributed by atoms with Crippen LogP contribution in [0.5, 0.6) is 5.88 Å². The van der Waals surface area contributed by atoms with Gasteiger partial charge < -0.3 is 10.5 Å². The maximum Gasteiger partial charge on any atom is 0.269 e. The number of hydrogen-bond acceptors (Lipinski definition) is 6. The Morgan fingerprint density at radius 1 is 1.28 bits per heavy atom. The molecule has 1 aromatic heterocycles. The number of rotatable bonds is 3. The average Bonchev–Trinajstić information content (AvgIpc) is 3.10. The number of ether oxygens (including phenoxy) is 1.